The monoisotopic (exact) mass is 244 g/mol. The third-order valence-corrected chi connectivity index (χ3v) is 2.89. The molecule has 0 saturated carbocycles. The number of rotatable bonds is 7. The number of H-pyrrole nitrogens is 1. The number of aromatic amines is 1. The van der Waals surface area contributed by atoms with Crippen LogP contribution in [-0.4, -0.2) is 11.6 Å². The van der Waals surface area contributed by atoms with Crippen molar-refractivity contribution in [3.8, 4) is 0 Å². The average molecular weight is 244 g/mol. The zero-order valence-corrected chi connectivity index (χ0v) is 10.8. The largest absolute Gasteiger partial charge is 0.377 e. The van der Waals surface area contributed by atoms with E-state index in [4.69, 9.17) is 4.74 Å². The second-order valence-corrected chi connectivity index (χ2v) is 4.23. The highest BCUT2D eigenvalue weighted by atomic mass is 16.5. The molecule has 2 N–H and O–H groups in total. The molecule has 0 unspecified atom stereocenters. The molecule has 0 spiro atoms. The molecule has 0 fully saturated rings. The van der Waals surface area contributed by atoms with Crippen LogP contribution in [0.5, 0.6) is 0 Å². The van der Waals surface area contributed by atoms with E-state index < -0.39 is 0 Å². The van der Waals surface area contributed by atoms with Crippen LogP contribution in [0.2, 0.25) is 0 Å². The Morgan fingerprint density at radius 2 is 1.94 bits per heavy atom. The molecule has 3 nitrogen and oxygen atoms in total. The van der Waals surface area contributed by atoms with E-state index >= 15 is 0 Å². The Balaban J connectivity index is 1.87. The quantitative estimate of drug-likeness (QED) is 0.786. The van der Waals surface area contributed by atoms with Crippen LogP contribution >= 0.6 is 0 Å². The van der Waals surface area contributed by atoms with Gasteiger partial charge in [-0.2, -0.15) is 0 Å². The third-order valence-electron chi connectivity index (χ3n) is 2.89. The van der Waals surface area contributed by atoms with Crippen molar-refractivity contribution in [2.75, 3.05) is 6.61 Å². The summed E-state index contributed by atoms with van der Waals surface area (Å²) < 4.78 is 5.48. The molecule has 1 aromatic carbocycles. The number of ether oxygens (including phenoxy) is 1. The van der Waals surface area contributed by atoms with Gasteiger partial charge in [0, 0.05) is 32.1 Å². The molecule has 2 rings (SSSR count). The number of hydrogen-bond donors (Lipinski definition) is 2. The molecule has 0 aliphatic rings. The molecule has 96 valence electrons. The van der Waals surface area contributed by atoms with Crippen molar-refractivity contribution in [1.29, 1.82) is 0 Å². The van der Waals surface area contributed by atoms with Gasteiger partial charge < -0.3 is 15.0 Å². The number of benzene rings is 1. The standard InChI is InChI=1S/C15H20N2O/c1-2-18-12-15-6-4-3-5-14(15)11-17-10-13-7-8-16-9-13/h3-9,16-17H,2,10-12H2,1H3. The fourth-order valence-corrected chi connectivity index (χ4v) is 1.89. The molecular formula is C15H20N2O. The van der Waals surface area contributed by atoms with E-state index in [9.17, 15) is 0 Å². The van der Waals surface area contributed by atoms with Gasteiger partial charge in [0.05, 0.1) is 6.61 Å². The first-order valence-corrected chi connectivity index (χ1v) is 6.37. The minimum absolute atomic E-state index is 0.693. The van der Waals surface area contributed by atoms with E-state index in [0.29, 0.717) is 6.61 Å². The summed E-state index contributed by atoms with van der Waals surface area (Å²) in [5.41, 5.74) is 3.85. The number of aromatic nitrogens is 1. The summed E-state index contributed by atoms with van der Waals surface area (Å²) in [5.74, 6) is 0. The molecule has 0 bridgehead atoms. The molecule has 0 aliphatic heterocycles. The van der Waals surface area contributed by atoms with Crippen LogP contribution in [0, 0.1) is 0 Å². The second-order valence-electron chi connectivity index (χ2n) is 4.23. The van der Waals surface area contributed by atoms with E-state index in [1.54, 1.807) is 0 Å². The summed E-state index contributed by atoms with van der Waals surface area (Å²) >= 11 is 0. The van der Waals surface area contributed by atoms with E-state index in [1.165, 1.54) is 16.7 Å². The zero-order chi connectivity index (χ0) is 12.6. The van der Waals surface area contributed by atoms with Crippen molar-refractivity contribution < 1.29 is 4.74 Å². The van der Waals surface area contributed by atoms with Crippen molar-refractivity contribution in [1.82, 2.24) is 10.3 Å². The molecule has 0 amide bonds. The van der Waals surface area contributed by atoms with Gasteiger partial charge in [0.1, 0.15) is 0 Å². The van der Waals surface area contributed by atoms with Crippen LogP contribution in [-0.2, 0) is 24.4 Å². The van der Waals surface area contributed by atoms with Gasteiger partial charge >= 0.3 is 0 Å². The van der Waals surface area contributed by atoms with Crippen molar-refractivity contribution in [2.24, 2.45) is 0 Å². The predicted octanol–water partition coefficient (Wildman–Crippen LogP) is 2.84. The lowest BCUT2D eigenvalue weighted by molar-refractivity contribution is 0.133. The molecule has 0 aliphatic carbocycles. The second kappa shape index (κ2) is 6.99. The summed E-state index contributed by atoms with van der Waals surface area (Å²) in [6.45, 7) is 5.22. The van der Waals surface area contributed by atoms with E-state index in [1.807, 2.05) is 19.3 Å². The zero-order valence-electron chi connectivity index (χ0n) is 10.8. The highest BCUT2D eigenvalue weighted by Crippen LogP contribution is 2.10. The predicted molar refractivity (Wildman–Crippen MR) is 73.1 cm³/mol. The Labute approximate surface area is 108 Å². The van der Waals surface area contributed by atoms with Crippen molar-refractivity contribution >= 4 is 0 Å². The van der Waals surface area contributed by atoms with Gasteiger partial charge in [-0.1, -0.05) is 24.3 Å². The first-order valence-electron chi connectivity index (χ1n) is 6.37. The Hall–Kier alpha value is -1.58. The highest BCUT2D eigenvalue weighted by molar-refractivity contribution is 5.26. The lowest BCUT2D eigenvalue weighted by Crippen LogP contribution is -2.13. The van der Waals surface area contributed by atoms with Crippen molar-refractivity contribution in [3.63, 3.8) is 0 Å². The van der Waals surface area contributed by atoms with E-state index in [2.05, 4.69) is 40.6 Å². The lowest BCUT2D eigenvalue weighted by atomic mass is 10.1. The lowest BCUT2D eigenvalue weighted by Gasteiger charge is -2.10. The minimum atomic E-state index is 0.693. The average Bonchev–Trinajstić information content (AvgIpc) is 2.91. The van der Waals surface area contributed by atoms with Crippen molar-refractivity contribution in [3.05, 3.63) is 59.4 Å². The molecule has 3 heteroatoms. The summed E-state index contributed by atoms with van der Waals surface area (Å²) in [5, 5.41) is 3.45. The van der Waals surface area contributed by atoms with Crippen molar-refractivity contribution in [2.45, 2.75) is 26.6 Å². The first kappa shape index (κ1) is 12.9. The van der Waals surface area contributed by atoms with E-state index in [-0.39, 0.29) is 0 Å². The molecule has 0 atom stereocenters. The molecule has 0 saturated heterocycles. The number of nitrogens with one attached hydrogen (secondary N) is 2. The van der Waals surface area contributed by atoms with Crippen LogP contribution in [0.1, 0.15) is 23.6 Å². The Morgan fingerprint density at radius 3 is 2.67 bits per heavy atom. The molecule has 1 heterocycles. The molecule has 1 aromatic heterocycles. The summed E-state index contributed by atoms with van der Waals surface area (Å²) in [7, 11) is 0. The third kappa shape index (κ3) is 3.72. The maximum absolute atomic E-state index is 5.48. The van der Waals surface area contributed by atoms with Crippen LogP contribution in [0.15, 0.2) is 42.7 Å². The fourth-order valence-electron chi connectivity index (χ4n) is 1.89. The van der Waals surface area contributed by atoms with Gasteiger partial charge in [-0.15, -0.1) is 0 Å². The fraction of sp³-hybridized carbons (Fsp3) is 0.333. The molecular weight excluding hydrogens is 224 g/mol. The van der Waals surface area contributed by atoms with E-state index in [0.717, 1.165) is 19.7 Å². The topological polar surface area (TPSA) is 37.0 Å². The van der Waals surface area contributed by atoms with Gasteiger partial charge in [0.2, 0.25) is 0 Å². The van der Waals surface area contributed by atoms with Gasteiger partial charge in [0.15, 0.2) is 0 Å². The highest BCUT2D eigenvalue weighted by Gasteiger charge is 2.01. The number of hydrogen-bond acceptors (Lipinski definition) is 2. The van der Waals surface area contributed by atoms with Gasteiger partial charge in [-0.3, -0.25) is 0 Å². The molecule has 18 heavy (non-hydrogen) atoms. The molecule has 0 radical (unpaired) electrons. The Kier molecular flexibility index (Phi) is 5.00. The Morgan fingerprint density at radius 1 is 1.11 bits per heavy atom. The summed E-state index contributed by atoms with van der Waals surface area (Å²) in [6, 6.07) is 10.5. The smallest absolute Gasteiger partial charge is 0.0719 e. The van der Waals surface area contributed by atoms with Crippen LogP contribution < -0.4 is 5.32 Å². The van der Waals surface area contributed by atoms with Gasteiger partial charge in [0.25, 0.3) is 0 Å². The van der Waals surface area contributed by atoms with Crippen LogP contribution in [0.25, 0.3) is 0 Å². The normalized spacial score (nSPS) is 10.7. The van der Waals surface area contributed by atoms with Gasteiger partial charge in [-0.25, -0.2) is 0 Å². The summed E-state index contributed by atoms with van der Waals surface area (Å²) in [6.07, 6.45) is 3.96. The van der Waals surface area contributed by atoms with Gasteiger partial charge in [-0.05, 0) is 29.7 Å². The SMILES string of the molecule is CCOCc1ccccc1CNCc1cc[nH]c1. The van der Waals surface area contributed by atoms with Crippen LogP contribution in [0.3, 0.4) is 0 Å². The first-order chi connectivity index (χ1) is 8.90. The summed E-state index contributed by atoms with van der Waals surface area (Å²) in [4.78, 5) is 3.06. The molecule has 2 aromatic rings. The Bertz CT molecular complexity index is 451. The maximum atomic E-state index is 5.48. The maximum Gasteiger partial charge on any atom is 0.0719 e. The minimum Gasteiger partial charge on any atom is -0.377 e. The van der Waals surface area contributed by atoms with Crippen LogP contribution in [0.4, 0.5) is 0 Å².